The average Bonchev–Trinajstić information content (AvgIpc) is 3.17. The highest BCUT2D eigenvalue weighted by Gasteiger charge is 2.56. The van der Waals surface area contributed by atoms with Crippen LogP contribution in [-0.4, -0.2) is 27.1 Å². The van der Waals surface area contributed by atoms with Gasteiger partial charge in [0.1, 0.15) is 5.75 Å². The minimum absolute atomic E-state index is 0.276. The van der Waals surface area contributed by atoms with Gasteiger partial charge in [-0.1, -0.05) is 13.0 Å². The van der Waals surface area contributed by atoms with E-state index in [2.05, 4.69) is 28.4 Å². The number of methoxy groups -OCH3 is 3. The Morgan fingerprint density at radius 1 is 1.05 bits per heavy atom. The van der Waals surface area contributed by atoms with Crippen LogP contribution in [0.4, 0.5) is 0 Å². The number of allylic oxidation sites excluding steroid dienone is 1. The molecule has 3 aliphatic carbocycles. The second kappa shape index (κ2) is 10.6. The number of fused-ring (bicyclic) bond motifs is 5. The molecule has 9 heteroatoms. The Bertz CT molecular complexity index is 1190. The number of aryl methyl sites for hydroxylation is 1. The van der Waals surface area contributed by atoms with E-state index in [0.29, 0.717) is 53.1 Å². The molecule has 2 aromatic rings. The molecule has 0 heterocycles. The Kier molecular flexibility index (Phi) is 7.40. The molecule has 2 aromatic carbocycles. The third kappa shape index (κ3) is 4.58. The zero-order chi connectivity index (χ0) is 26.2. The number of hydrogen-bond donors (Lipinski definition) is 1. The molecule has 5 rings (SSSR count). The number of nitrogens with two attached hydrogens (primary N) is 1. The monoisotopic (exact) mass is 527 g/mol. The quantitative estimate of drug-likeness (QED) is 0.155. The second-order valence-electron chi connectivity index (χ2n) is 10.2. The Morgan fingerprint density at radius 2 is 1.81 bits per heavy atom. The van der Waals surface area contributed by atoms with Gasteiger partial charge in [0.15, 0.2) is 17.3 Å². The lowest BCUT2D eigenvalue weighted by molar-refractivity contribution is -0.199. The summed E-state index contributed by atoms with van der Waals surface area (Å²) in [6.07, 6.45) is 6.71. The maximum Gasteiger partial charge on any atom is 0.260 e. The Morgan fingerprint density at radius 3 is 2.49 bits per heavy atom. The third-order valence-corrected chi connectivity index (χ3v) is 8.96. The minimum atomic E-state index is -0.329. The van der Waals surface area contributed by atoms with Crippen molar-refractivity contribution in [3.63, 3.8) is 0 Å². The molecule has 0 aromatic heterocycles. The van der Waals surface area contributed by atoms with E-state index in [1.807, 2.05) is 24.3 Å². The lowest BCUT2D eigenvalue weighted by Crippen LogP contribution is -2.42. The van der Waals surface area contributed by atoms with Gasteiger partial charge in [-0.2, -0.15) is 5.90 Å². The lowest BCUT2D eigenvalue weighted by Gasteiger charge is -2.48. The first kappa shape index (κ1) is 25.9. The fourth-order valence-corrected chi connectivity index (χ4v) is 7.11. The maximum absolute atomic E-state index is 13.8. The summed E-state index contributed by atoms with van der Waals surface area (Å²) in [6.45, 7) is 2.18. The summed E-state index contributed by atoms with van der Waals surface area (Å²) in [5.74, 6) is 8.78. The summed E-state index contributed by atoms with van der Waals surface area (Å²) < 4.78 is 26.5. The molecular weight excluding hydrogens is 494 g/mol. The van der Waals surface area contributed by atoms with Gasteiger partial charge in [0.05, 0.1) is 21.3 Å². The van der Waals surface area contributed by atoms with Crippen LogP contribution in [0.3, 0.4) is 0 Å². The van der Waals surface area contributed by atoms with Crippen molar-refractivity contribution >= 4 is 24.2 Å². The first-order valence-electron chi connectivity index (χ1n) is 12.5. The molecule has 3 unspecified atom stereocenters. The van der Waals surface area contributed by atoms with Crippen LogP contribution in [0.5, 0.6) is 23.0 Å². The van der Waals surface area contributed by atoms with Gasteiger partial charge in [0.25, 0.3) is 12.3 Å². The van der Waals surface area contributed by atoms with Crippen LogP contribution in [-0.2, 0) is 20.5 Å². The van der Waals surface area contributed by atoms with Crippen LogP contribution < -0.4 is 24.3 Å². The molecule has 4 atom stereocenters. The van der Waals surface area contributed by atoms with Crippen molar-refractivity contribution in [3.8, 4) is 23.0 Å². The van der Waals surface area contributed by atoms with E-state index in [1.165, 1.54) is 11.1 Å². The number of rotatable bonds is 8. The van der Waals surface area contributed by atoms with E-state index in [4.69, 9.17) is 24.3 Å². The number of hydrogen-bond acceptors (Lipinski definition) is 9. The van der Waals surface area contributed by atoms with Crippen LogP contribution >= 0.6 is 12.3 Å². The summed E-state index contributed by atoms with van der Waals surface area (Å²) in [4.78, 5) is 17.9. The largest absolute Gasteiger partial charge is 0.493 e. The van der Waals surface area contributed by atoms with Gasteiger partial charge in [-0.15, -0.1) is 9.32 Å². The van der Waals surface area contributed by atoms with Crippen LogP contribution in [0, 0.1) is 17.3 Å². The van der Waals surface area contributed by atoms with Crippen molar-refractivity contribution in [3.05, 3.63) is 52.6 Å². The number of benzene rings is 2. The molecule has 37 heavy (non-hydrogen) atoms. The lowest BCUT2D eigenvalue weighted by atomic mass is 9.55. The molecular formula is C28H33NO7S. The Hall–Kier alpha value is -2.72. The zero-order valence-corrected chi connectivity index (χ0v) is 22.4. The summed E-state index contributed by atoms with van der Waals surface area (Å²) in [5.41, 5.74) is 4.11. The molecule has 3 aliphatic rings. The number of ether oxygens (including phenoxy) is 3. The fourth-order valence-electron chi connectivity index (χ4n) is 6.87. The highest BCUT2D eigenvalue weighted by Crippen LogP contribution is 2.61. The van der Waals surface area contributed by atoms with E-state index in [-0.39, 0.29) is 11.2 Å². The molecule has 0 saturated heterocycles. The predicted octanol–water partition coefficient (Wildman–Crippen LogP) is 5.60. The van der Waals surface area contributed by atoms with Crippen LogP contribution in [0.25, 0.3) is 6.08 Å². The van der Waals surface area contributed by atoms with Crippen molar-refractivity contribution in [2.75, 3.05) is 21.3 Å². The third-order valence-electron chi connectivity index (χ3n) is 8.56. The van der Waals surface area contributed by atoms with Crippen LogP contribution in [0.2, 0.25) is 0 Å². The van der Waals surface area contributed by atoms with Gasteiger partial charge < -0.3 is 18.4 Å². The highest BCUT2D eigenvalue weighted by atomic mass is 32.2. The summed E-state index contributed by atoms with van der Waals surface area (Å²) in [7, 11) is 4.78. The predicted molar refractivity (Wildman–Crippen MR) is 140 cm³/mol. The van der Waals surface area contributed by atoms with Crippen molar-refractivity contribution in [1.82, 2.24) is 0 Å². The Labute approximate surface area is 221 Å². The molecule has 2 saturated carbocycles. The van der Waals surface area contributed by atoms with Gasteiger partial charge in [0, 0.05) is 5.41 Å². The van der Waals surface area contributed by atoms with Gasteiger partial charge in [0.2, 0.25) is 5.75 Å². The molecule has 0 amide bonds. The van der Waals surface area contributed by atoms with E-state index >= 15 is 0 Å². The highest BCUT2D eigenvalue weighted by molar-refractivity contribution is 7.90. The fraction of sp³-hybridized carbons (Fsp3) is 0.464. The van der Waals surface area contributed by atoms with E-state index in [1.54, 1.807) is 21.3 Å². The topological polar surface area (TPSA) is 98.5 Å². The molecule has 2 fully saturated rings. The van der Waals surface area contributed by atoms with Gasteiger partial charge in [-0.3, -0.25) is 4.79 Å². The zero-order valence-electron chi connectivity index (χ0n) is 21.6. The molecule has 0 bridgehead atoms. The van der Waals surface area contributed by atoms with Gasteiger partial charge in [-0.25, -0.2) is 0 Å². The maximum atomic E-state index is 13.8. The van der Waals surface area contributed by atoms with Crippen molar-refractivity contribution < 1.29 is 32.5 Å². The van der Waals surface area contributed by atoms with Crippen molar-refractivity contribution in [1.29, 1.82) is 0 Å². The molecule has 8 nitrogen and oxygen atoms in total. The molecule has 0 aliphatic heterocycles. The summed E-state index contributed by atoms with van der Waals surface area (Å²) >= 11 is 0.686. The van der Waals surface area contributed by atoms with Gasteiger partial charge in [-0.05, 0) is 102 Å². The number of carbonyl (C=O) groups excluding carboxylic acids is 1. The molecule has 0 radical (unpaired) electrons. The molecule has 0 spiro atoms. The van der Waals surface area contributed by atoms with Crippen LogP contribution in [0.1, 0.15) is 55.2 Å². The standard InChI is InChI=1S/C28H33NO7S/c1-28-10-9-21-20-8-6-19(34-37-36-35-29)14-17(20)5-7-22(21)23(28)15-18(27(28)30)11-16-12-24(31-2)26(33-4)25(13-16)32-3/h6,8,11-14,21-23H,5,7,9-10,15,29H2,1-4H3/t21?,22?,23?,28-/m0/s1. The first-order chi connectivity index (χ1) is 17.9. The molecule has 198 valence electrons. The molecule has 2 N–H and O–H groups in total. The average molecular weight is 528 g/mol. The number of carbonyl (C=O) groups is 1. The van der Waals surface area contributed by atoms with E-state index in [9.17, 15) is 4.79 Å². The first-order valence-corrected chi connectivity index (χ1v) is 13.1. The summed E-state index contributed by atoms with van der Waals surface area (Å²) in [5, 5.41) is 0. The van der Waals surface area contributed by atoms with E-state index < -0.39 is 0 Å². The number of Topliss-reactive ketones (excluding diaryl/α,β-unsaturated/α-hetero) is 1. The van der Waals surface area contributed by atoms with Crippen LogP contribution in [0.15, 0.2) is 35.9 Å². The summed E-state index contributed by atoms with van der Waals surface area (Å²) in [6, 6.07) is 9.99. The SMILES string of the molecule is COc1cc(C=C2CC3C4CCc5cc(OSOON)ccc5C4CC[C@]3(C)C2=O)cc(OC)c1OC. The smallest absolute Gasteiger partial charge is 0.260 e. The normalized spacial score (nSPS) is 27.3. The van der Waals surface area contributed by atoms with Crippen molar-refractivity contribution in [2.45, 2.75) is 44.9 Å². The van der Waals surface area contributed by atoms with Gasteiger partial charge >= 0.3 is 0 Å². The minimum Gasteiger partial charge on any atom is -0.493 e. The Balaban J connectivity index is 1.41. The van der Waals surface area contributed by atoms with E-state index in [0.717, 1.165) is 43.2 Å². The second-order valence-corrected chi connectivity index (χ2v) is 10.6. The van der Waals surface area contributed by atoms with Crippen molar-refractivity contribution in [2.24, 2.45) is 23.1 Å². The number of ketones is 1.